The molecule has 5 nitrogen and oxygen atoms in total. The molecular formula is C12H18N4O. The van der Waals surface area contributed by atoms with Crippen molar-refractivity contribution in [1.29, 1.82) is 0 Å². The van der Waals surface area contributed by atoms with Crippen molar-refractivity contribution in [1.82, 2.24) is 14.9 Å². The molecule has 2 rings (SSSR count). The molecule has 0 saturated carbocycles. The molecule has 1 fully saturated rings. The maximum Gasteiger partial charge on any atom is 0.129 e. The smallest absolute Gasteiger partial charge is 0.129 e. The molecule has 2 heterocycles. The van der Waals surface area contributed by atoms with Gasteiger partial charge in [0.05, 0.1) is 6.21 Å². The van der Waals surface area contributed by atoms with Gasteiger partial charge in [-0.1, -0.05) is 11.6 Å². The number of hydrogen-bond donors (Lipinski definition) is 0. The van der Waals surface area contributed by atoms with Gasteiger partial charge in [-0.2, -0.15) is 0 Å². The third-order valence-electron chi connectivity index (χ3n) is 2.80. The van der Waals surface area contributed by atoms with Crippen LogP contribution in [0.15, 0.2) is 23.9 Å². The van der Waals surface area contributed by atoms with Crippen LogP contribution in [-0.2, 0) is 4.84 Å². The van der Waals surface area contributed by atoms with Gasteiger partial charge in [-0.3, -0.25) is 4.90 Å². The molecule has 0 atom stereocenters. The molecule has 1 saturated heterocycles. The van der Waals surface area contributed by atoms with Crippen LogP contribution in [0.2, 0.25) is 0 Å². The Labute approximate surface area is 102 Å². The molecule has 1 aromatic heterocycles. The molecule has 0 N–H and O–H groups in total. The Morgan fingerprint density at radius 2 is 2.00 bits per heavy atom. The fourth-order valence-electron chi connectivity index (χ4n) is 1.88. The normalized spacial score (nSPS) is 17.4. The lowest BCUT2D eigenvalue weighted by molar-refractivity contribution is 0.103. The first-order chi connectivity index (χ1) is 8.45. The van der Waals surface area contributed by atoms with Crippen LogP contribution in [0.5, 0.6) is 0 Å². The van der Waals surface area contributed by atoms with Gasteiger partial charge in [0.1, 0.15) is 12.9 Å². The molecule has 92 valence electrons. The molecule has 5 heteroatoms. The summed E-state index contributed by atoms with van der Waals surface area (Å²) in [7, 11) is 0. The van der Waals surface area contributed by atoms with E-state index < -0.39 is 0 Å². The van der Waals surface area contributed by atoms with Gasteiger partial charge in [0.15, 0.2) is 0 Å². The zero-order chi connectivity index (χ0) is 11.8. The van der Waals surface area contributed by atoms with E-state index in [1.807, 2.05) is 0 Å². The minimum absolute atomic E-state index is 0.643. The van der Waals surface area contributed by atoms with Gasteiger partial charge in [-0.25, -0.2) is 9.97 Å². The van der Waals surface area contributed by atoms with Crippen LogP contribution in [-0.4, -0.2) is 47.3 Å². The van der Waals surface area contributed by atoms with Gasteiger partial charge >= 0.3 is 0 Å². The van der Waals surface area contributed by atoms with Gasteiger partial charge in [-0.15, -0.1) is 0 Å². The van der Waals surface area contributed by atoms with Crippen molar-refractivity contribution in [3.05, 3.63) is 24.3 Å². The first-order valence-electron chi connectivity index (χ1n) is 6.08. The van der Waals surface area contributed by atoms with Crippen LogP contribution in [0.1, 0.15) is 24.8 Å². The van der Waals surface area contributed by atoms with Crippen LogP contribution < -0.4 is 0 Å². The van der Waals surface area contributed by atoms with E-state index in [0.717, 1.165) is 12.1 Å². The van der Waals surface area contributed by atoms with Crippen LogP contribution in [0, 0.1) is 0 Å². The maximum atomic E-state index is 5.21. The molecule has 0 radical (unpaired) electrons. The molecule has 0 spiro atoms. The lowest BCUT2D eigenvalue weighted by Crippen LogP contribution is -2.32. The Morgan fingerprint density at radius 1 is 1.24 bits per heavy atom. The zero-order valence-electron chi connectivity index (χ0n) is 9.96. The molecule has 1 aromatic rings. The summed E-state index contributed by atoms with van der Waals surface area (Å²) >= 11 is 0. The fourth-order valence-corrected chi connectivity index (χ4v) is 1.88. The Bertz CT molecular complexity index is 336. The van der Waals surface area contributed by atoms with Crippen molar-refractivity contribution in [2.75, 3.05) is 26.2 Å². The van der Waals surface area contributed by atoms with Crippen LogP contribution in [0.3, 0.4) is 0 Å². The Balaban J connectivity index is 1.61. The van der Waals surface area contributed by atoms with E-state index in [9.17, 15) is 0 Å². The summed E-state index contributed by atoms with van der Waals surface area (Å²) in [6.45, 7) is 3.99. The van der Waals surface area contributed by atoms with Crippen LogP contribution >= 0.6 is 0 Å². The highest BCUT2D eigenvalue weighted by molar-refractivity contribution is 5.77. The number of likely N-dealkylation sites (tertiary alicyclic amines) is 1. The number of nitrogens with zero attached hydrogens (tertiary/aromatic N) is 4. The van der Waals surface area contributed by atoms with Gasteiger partial charge in [0, 0.05) is 24.5 Å². The second-order valence-electron chi connectivity index (χ2n) is 4.14. The molecule has 17 heavy (non-hydrogen) atoms. The van der Waals surface area contributed by atoms with E-state index in [1.165, 1.54) is 38.7 Å². The third kappa shape index (κ3) is 4.48. The van der Waals surface area contributed by atoms with E-state index in [-0.39, 0.29) is 0 Å². The van der Waals surface area contributed by atoms with E-state index >= 15 is 0 Å². The largest absolute Gasteiger partial charge is 0.394 e. The van der Waals surface area contributed by atoms with E-state index in [4.69, 9.17) is 4.84 Å². The van der Waals surface area contributed by atoms with Crippen molar-refractivity contribution < 1.29 is 4.84 Å². The molecule has 0 aliphatic carbocycles. The highest BCUT2D eigenvalue weighted by atomic mass is 16.6. The van der Waals surface area contributed by atoms with Gasteiger partial charge in [0.25, 0.3) is 0 Å². The van der Waals surface area contributed by atoms with Gasteiger partial charge in [0.2, 0.25) is 0 Å². The van der Waals surface area contributed by atoms with Gasteiger partial charge < -0.3 is 4.84 Å². The third-order valence-corrected chi connectivity index (χ3v) is 2.80. The van der Waals surface area contributed by atoms with Crippen LogP contribution in [0.4, 0.5) is 0 Å². The highest BCUT2D eigenvalue weighted by Crippen LogP contribution is 2.07. The minimum atomic E-state index is 0.643. The van der Waals surface area contributed by atoms with Crippen molar-refractivity contribution in [3.8, 4) is 0 Å². The Hall–Kier alpha value is -1.49. The predicted molar refractivity (Wildman–Crippen MR) is 65.9 cm³/mol. The number of oxime groups is 1. The zero-order valence-corrected chi connectivity index (χ0v) is 9.96. The summed E-state index contributed by atoms with van der Waals surface area (Å²) in [6.07, 6.45) is 10.5. The van der Waals surface area contributed by atoms with E-state index in [0.29, 0.717) is 6.61 Å². The number of hydrogen-bond acceptors (Lipinski definition) is 5. The van der Waals surface area contributed by atoms with Crippen molar-refractivity contribution >= 4 is 6.21 Å². The van der Waals surface area contributed by atoms with Crippen molar-refractivity contribution in [2.24, 2.45) is 5.16 Å². The molecule has 0 bridgehead atoms. The SMILES string of the molecule is C(=NOCCN1CCCCC1)c1cncnc1. The van der Waals surface area contributed by atoms with Crippen molar-refractivity contribution in [3.63, 3.8) is 0 Å². The quantitative estimate of drug-likeness (QED) is 0.438. The molecule has 0 amide bonds. The monoisotopic (exact) mass is 234 g/mol. The minimum Gasteiger partial charge on any atom is -0.394 e. The second-order valence-corrected chi connectivity index (χ2v) is 4.14. The lowest BCUT2D eigenvalue weighted by atomic mass is 10.1. The first-order valence-corrected chi connectivity index (χ1v) is 6.08. The maximum absolute atomic E-state index is 5.21. The van der Waals surface area contributed by atoms with Gasteiger partial charge in [-0.05, 0) is 25.9 Å². The molecule has 1 aliphatic heterocycles. The molecule has 1 aliphatic rings. The summed E-state index contributed by atoms with van der Waals surface area (Å²) in [5, 5.41) is 3.89. The number of rotatable bonds is 5. The Morgan fingerprint density at radius 3 is 2.76 bits per heavy atom. The average Bonchev–Trinajstić information content (AvgIpc) is 2.41. The average molecular weight is 234 g/mol. The molecule has 0 unspecified atom stereocenters. The number of piperidine rings is 1. The summed E-state index contributed by atoms with van der Waals surface area (Å²) in [4.78, 5) is 15.4. The summed E-state index contributed by atoms with van der Waals surface area (Å²) in [5.41, 5.74) is 0.852. The lowest BCUT2D eigenvalue weighted by Gasteiger charge is -2.25. The van der Waals surface area contributed by atoms with Crippen LogP contribution in [0.25, 0.3) is 0 Å². The summed E-state index contributed by atoms with van der Waals surface area (Å²) in [5.74, 6) is 0. The topological polar surface area (TPSA) is 50.6 Å². The van der Waals surface area contributed by atoms with E-state index in [2.05, 4.69) is 20.0 Å². The fraction of sp³-hybridized carbons (Fsp3) is 0.583. The first kappa shape index (κ1) is 12.0. The Kier molecular flexibility index (Phi) is 4.90. The van der Waals surface area contributed by atoms with E-state index in [1.54, 1.807) is 18.6 Å². The molecular weight excluding hydrogens is 216 g/mol. The second kappa shape index (κ2) is 6.96. The summed E-state index contributed by atoms with van der Waals surface area (Å²) in [6, 6.07) is 0. The number of aromatic nitrogens is 2. The summed E-state index contributed by atoms with van der Waals surface area (Å²) < 4.78 is 0. The van der Waals surface area contributed by atoms with Crippen molar-refractivity contribution in [2.45, 2.75) is 19.3 Å². The molecule has 0 aromatic carbocycles. The standard InChI is InChI=1S/C12H18N4O/c1-2-4-16(5-3-1)6-7-17-15-10-12-8-13-11-14-9-12/h8-11H,1-7H2. The highest BCUT2D eigenvalue weighted by Gasteiger charge is 2.08. The predicted octanol–water partition coefficient (Wildman–Crippen LogP) is 1.31.